The van der Waals surface area contributed by atoms with Crippen LogP contribution in [0.4, 0.5) is 0 Å². The monoisotopic (exact) mass is 1170 g/mol. The summed E-state index contributed by atoms with van der Waals surface area (Å²) >= 11 is 0. The first-order valence-electron chi connectivity index (χ1n) is 34.3. The van der Waals surface area contributed by atoms with Crippen LogP contribution in [0.1, 0.15) is 296 Å². The molecule has 1 amide bonds. The number of aliphatic hydroxyl groups is 5. The highest BCUT2D eigenvalue weighted by atomic mass is 16.7. The fourth-order valence-electron chi connectivity index (χ4n) is 10.4. The second-order valence-electron chi connectivity index (χ2n) is 23.5. The molecule has 1 saturated heterocycles. The molecule has 1 aliphatic heterocycles. The van der Waals surface area contributed by atoms with Crippen molar-refractivity contribution in [2.24, 2.45) is 0 Å². The number of allylic oxidation sites excluding steroid dienone is 13. The zero-order valence-corrected chi connectivity index (χ0v) is 53.1. The van der Waals surface area contributed by atoms with E-state index in [4.69, 9.17) is 14.2 Å². The number of aliphatic hydroxyl groups excluding tert-OH is 5. The van der Waals surface area contributed by atoms with Crippen molar-refractivity contribution in [3.8, 4) is 0 Å². The number of ether oxygens (including phenoxy) is 3. The second kappa shape index (κ2) is 60.5. The van der Waals surface area contributed by atoms with Crippen LogP contribution in [0.25, 0.3) is 0 Å². The molecule has 1 heterocycles. The Morgan fingerprint density at radius 2 is 0.867 bits per heavy atom. The second-order valence-corrected chi connectivity index (χ2v) is 23.5. The molecule has 0 aliphatic carbocycles. The molecule has 0 radical (unpaired) electrons. The zero-order valence-electron chi connectivity index (χ0n) is 53.1. The van der Waals surface area contributed by atoms with Crippen LogP contribution in [0.5, 0.6) is 0 Å². The van der Waals surface area contributed by atoms with E-state index >= 15 is 0 Å². The molecule has 0 aromatic rings. The number of rotatable bonds is 59. The van der Waals surface area contributed by atoms with E-state index in [0.717, 1.165) is 77.0 Å². The van der Waals surface area contributed by atoms with E-state index in [0.29, 0.717) is 19.4 Å². The molecular weight excluding hydrogens is 1040 g/mol. The smallest absolute Gasteiger partial charge is 0.305 e. The van der Waals surface area contributed by atoms with E-state index in [2.05, 4.69) is 79.1 Å². The van der Waals surface area contributed by atoms with Crippen LogP contribution in [0.2, 0.25) is 0 Å². The van der Waals surface area contributed by atoms with E-state index in [9.17, 15) is 35.1 Å². The van der Waals surface area contributed by atoms with Crippen LogP contribution >= 0.6 is 0 Å². The number of nitrogens with one attached hydrogen (secondary N) is 1. The van der Waals surface area contributed by atoms with Gasteiger partial charge < -0.3 is 45.1 Å². The number of hydrogen-bond acceptors (Lipinski definition) is 10. The van der Waals surface area contributed by atoms with Crippen molar-refractivity contribution in [1.82, 2.24) is 5.32 Å². The lowest BCUT2D eigenvalue weighted by atomic mass is 9.99. The highest BCUT2D eigenvalue weighted by Gasteiger charge is 2.44. The molecule has 480 valence electrons. The third kappa shape index (κ3) is 49.6. The summed E-state index contributed by atoms with van der Waals surface area (Å²) in [4.78, 5) is 25.1. The van der Waals surface area contributed by atoms with Crippen LogP contribution in [0, 0.1) is 0 Å². The number of amides is 1. The molecular formula is C72H127NO10. The molecule has 0 spiro atoms. The van der Waals surface area contributed by atoms with Crippen molar-refractivity contribution in [2.75, 3.05) is 19.8 Å². The van der Waals surface area contributed by atoms with E-state index in [1.807, 2.05) is 19.1 Å². The summed E-state index contributed by atoms with van der Waals surface area (Å²) in [7, 11) is 0. The van der Waals surface area contributed by atoms with Crippen molar-refractivity contribution in [1.29, 1.82) is 0 Å². The first-order valence-corrected chi connectivity index (χ1v) is 34.3. The number of carbonyl (C=O) groups excluding carboxylic acids is 2. The maximum Gasteiger partial charge on any atom is 0.305 e. The highest BCUT2D eigenvalue weighted by Crippen LogP contribution is 2.23. The van der Waals surface area contributed by atoms with Crippen molar-refractivity contribution < 1.29 is 49.3 Å². The standard InChI is InChI=1S/C72H127NO10/c1-3-5-7-9-11-13-14-15-16-30-34-37-40-44-48-52-56-60-68(77)81-61-57-53-49-45-41-38-35-32-29-27-25-23-21-19-17-18-20-22-24-26-28-31-33-36-39-43-47-51-55-59-67(76)73-64(65(75)58-54-50-46-42-12-10-8-6-4-2)63-82-72-71(80)70(79)69(78)66(62-74)83-72/h4,6,11-13,15-17,19,23,25,42,54,58,64-66,69-72,74-75,78-80H,3,5,7-10,14,18,20-22,24,26-41,43-53,55-57,59-63H2,1-2H3,(H,73,76)/b6-4+,13-11-,16-15-,19-17-,25-23-,42-12+,58-54+. The third-order valence-corrected chi connectivity index (χ3v) is 15.8. The van der Waals surface area contributed by atoms with Gasteiger partial charge in [0.1, 0.15) is 24.4 Å². The Morgan fingerprint density at radius 3 is 1.33 bits per heavy atom. The fourth-order valence-corrected chi connectivity index (χ4v) is 10.4. The quantitative estimate of drug-likeness (QED) is 0.0195. The molecule has 7 unspecified atom stereocenters. The van der Waals surface area contributed by atoms with Crippen LogP contribution in [0.3, 0.4) is 0 Å². The number of carbonyl (C=O) groups is 2. The molecule has 0 bridgehead atoms. The van der Waals surface area contributed by atoms with Gasteiger partial charge in [-0.15, -0.1) is 0 Å². The minimum Gasteiger partial charge on any atom is -0.466 e. The van der Waals surface area contributed by atoms with Crippen LogP contribution in [-0.2, 0) is 23.8 Å². The average Bonchev–Trinajstić information content (AvgIpc) is 3.65. The van der Waals surface area contributed by atoms with E-state index < -0.39 is 49.5 Å². The molecule has 6 N–H and O–H groups in total. The van der Waals surface area contributed by atoms with Gasteiger partial charge in [-0.1, -0.05) is 253 Å². The van der Waals surface area contributed by atoms with Crippen LogP contribution in [-0.4, -0.2) is 100 Å². The van der Waals surface area contributed by atoms with Crippen molar-refractivity contribution >= 4 is 11.9 Å². The van der Waals surface area contributed by atoms with Gasteiger partial charge in [0.25, 0.3) is 0 Å². The molecule has 11 heteroatoms. The van der Waals surface area contributed by atoms with Gasteiger partial charge >= 0.3 is 5.97 Å². The average molecular weight is 1170 g/mol. The van der Waals surface area contributed by atoms with Crippen LogP contribution in [0.15, 0.2) is 85.1 Å². The predicted molar refractivity (Wildman–Crippen MR) is 347 cm³/mol. The molecule has 1 rings (SSSR count). The summed E-state index contributed by atoms with van der Waals surface area (Å²) in [5.74, 6) is -0.207. The Kier molecular flexibility index (Phi) is 56.8. The largest absolute Gasteiger partial charge is 0.466 e. The Labute approximate surface area is 508 Å². The van der Waals surface area contributed by atoms with Crippen molar-refractivity contribution in [3.63, 3.8) is 0 Å². The van der Waals surface area contributed by atoms with Gasteiger partial charge in [-0.25, -0.2) is 0 Å². The van der Waals surface area contributed by atoms with Gasteiger partial charge in [0, 0.05) is 12.8 Å². The van der Waals surface area contributed by atoms with Gasteiger partial charge in [0.2, 0.25) is 5.91 Å². The summed E-state index contributed by atoms with van der Waals surface area (Å²) in [6.07, 6.45) is 73.2. The molecule has 0 aromatic carbocycles. The Hall–Kier alpha value is -3.16. The summed E-state index contributed by atoms with van der Waals surface area (Å²) in [5.41, 5.74) is 0. The molecule has 83 heavy (non-hydrogen) atoms. The van der Waals surface area contributed by atoms with Gasteiger partial charge in [0.15, 0.2) is 6.29 Å². The van der Waals surface area contributed by atoms with E-state index in [1.165, 1.54) is 193 Å². The highest BCUT2D eigenvalue weighted by molar-refractivity contribution is 5.76. The number of esters is 1. The van der Waals surface area contributed by atoms with Crippen LogP contribution < -0.4 is 5.32 Å². The lowest BCUT2D eigenvalue weighted by molar-refractivity contribution is -0.302. The van der Waals surface area contributed by atoms with E-state index in [1.54, 1.807) is 6.08 Å². The van der Waals surface area contributed by atoms with Gasteiger partial charge in [-0.3, -0.25) is 9.59 Å². The maximum atomic E-state index is 13.0. The van der Waals surface area contributed by atoms with E-state index in [-0.39, 0.29) is 18.5 Å². The fraction of sp³-hybridized carbons (Fsp3) is 0.778. The lowest BCUT2D eigenvalue weighted by Gasteiger charge is -2.40. The number of hydrogen-bond donors (Lipinski definition) is 6. The predicted octanol–water partition coefficient (Wildman–Crippen LogP) is 17.3. The zero-order chi connectivity index (χ0) is 60.2. The molecule has 0 aromatic heterocycles. The Balaban J connectivity index is 1.94. The van der Waals surface area contributed by atoms with Gasteiger partial charge in [-0.2, -0.15) is 0 Å². The topological polar surface area (TPSA) is 175 Å². The van der Waals surface area contributed by atoms with Gasteiger partial charge in [-0.05, 0) is 116 Å². The molecule has 0 saturated carbocycles. The Bertz CT molecular complexity index is 1650. The first-order chi connectivity index (χ1) is 40.7. The minimum absolute atomic E-state index is 0.00581. The summed E-state index contributed by atoms with van der Waals surface area (Å²) < 4.78 is 16.7. The molecule has 11 nitrogen and oxygen atoms in total. The molecule has 1 aliphatic rings. The minimum atomic E-state index is -1.58. The number of unbranched alkanes of at least 4 members (excludes halogenated alkanes) is 34. The summed E-state index contributed by atoms with van der Waals surface area (Å²) in [6.45, 7) is 4.06. The summed E-state index contributed by atoms with van der Waals surface area (Å²) in [5, 5.41) is 54.2. The Morgan fingerprint density at radius 1 is 0.470 bits per heavy atom. The SMILES string of the molecule is C/C=C/CC/C=C/CC/C=C/C(O)C(COC1OC(CO)C(O)C(O)C1O)NC(=O)CCCCCCCCCCCCCCC/C=C\C/C=C\CCCCCCCCCCCOC(=O)CCCCCCCCC/C=C\C/C=C\CCCCC. The van der Waals surface area contributed by atoms with Crippen molar-refractivity contribution in [2.45, 2.75) is 339 Å². The normalized spacial score (nSPS) is 18.7. The summed E-state index contributed by atoms with van der Waals surface area (Å²) in [6, 6.07) is -0.836. The first kappa shape index (κ1) is 77.9. The maximum absolute atomic E-state index is 13.0. The third-order valence-electron chi connectivity index (χ3n) is 15.8. The molecule has 7 atom stereocenters. The lowest BCUT2D eigenvalue weighted by Crippen LogP contribution is -2.60. The van der Waals surface area contributed by atoms with Crippen molar-refractivity contribution in [3.05, 3.63) is 85.1 Å². The molecule has 1 fully saturated rings. The van der Waals surface area contributed by atoms with Gasteiger partial charge in [0.05, 0.1) is 32.0 Å².